The first kappa shape index (κ1) is 20.5. The van der Waals surface area contributed by atoms with Crippen LogP contribution in [0.5, 0.6) is 0 Å². The number of carbonyl (C=O) groups excluding carboxylic acids is 1. The number of rotatable bonds is 5. The maximum absolute atomic E-state index is 13.3. The van der Waals surface area contributed by atoms with Crippen molar-refractivity contribution in [2.75, 3.05) is 11.9 Å². The summed E-state index contributed by atoms with van der Waals surface area (Å²) in [6.07, 6.45) is 0. The molecule has 0 bridgehead atoms. The van der Waals surface area contributed by atoms with E-state index in [1.165, 1.54) is 12.1 Å². The molecule has 1 atom stereocenters. The van der Waals surface area contributed by atoms with Crippen molar-refractivity contribution >= 4 is 34.6 Å². The molecule has 7 nitrogen and oxygen atoms in total. The molecule has 1 heterocycles. The number of hydrogen-bond acceptors (Lipinski definition) is 4. The Morgan fingerprint density at radius 3 is 2.62 bits per heavy atom. The average Bonchev–Trinajstić information content (AvgIpc) is 2.69. The minimum absolute atomic E-state index is 0.0375. The number of non-ortho nitro benzene ring substituents is 1. The highest BCUT2D eigenvalue weighted by Gasteiger charge is 2.34. The summed E-state index contributed by atoms with van der Waals surface area (Å²) in [6.45, 7) is 6.30. The number of nitro benzene ring substituents is 1. The number of nitrogens with one attached hydrogen (secondary N) is 2. The van der Waals surface area contributed by atoms with E-state index in [0.29, 0.717) is 28.5 Å². The molecule has 29 heavy (non-hydrogen) atoms. The molecule has 0 unspecified atom stereocenters. The summed E-state index contributed by atoms with van der Waals surface area (Å²) < 4.78 is 0. The van der Waals surface area contributed by atoms with Crippen molar-refractivity contribution < 1.29 is 9.72 Å². The van der Waals surface area contributed by atoms with E-state index >= 15 is 0 Å². The van der Waals surface area contributed by atoms with Crippen molar-refractivity contribution in [2.45, 2.75) is 26.8 Å². The van der Waals surface area contributed by atoms with Crippen LogP contribution in [0, 0.1) is 17.0 Å². The number of nitro groups is 1. The van der Waals surface area contributed by atoms with Crippen LogP contribution in [0.3, 0.4) is 0 Å². The maximum Gasteiger partial charge on any atom is 0.269 e. The number of allylic oxidation sites excluding steroid dienone is 1. The smallest absolute Gasteiger partial charge is 0.269 e. The van der Waals surface area contributed by atoms with Gasteiger partial charge in [-0.25, -0.2) is 0 Å². The van der Waals surface area contributed by atoms with Gasteiger partial charge in [-0.05, 0) is 50.2 Å². The summed E-state index contributed by atoms with van der Waals surface area (Å²) in [7, 11) is 0. The second kappa shape index (κ2) is 8.40. The zero-order valence-corrected chi connectivity index (χ0v) is 17.2. The quantitative estimate of drug-likeness (QED) is 0.439. The molecule has 1 amide bonds. The highest BCUT2D eigenvalue weighted by atomic mass is 32.1. The van der Waals surface area contributed by atoms with Crippen molar-refractivity contribution in [1.29, 1.82) is 0 Å². The number of amides is 1. The summed E-state index contributed by atoms with van der Waals surface area (Å²) in [5, 5.41) is 17.8. The molecule has 1 aliphatic rings. The lowest BCUT2D eigenvalue weighted by atomic mass is 9.93. The molecular weight excluding hydrogens is 388 g/mol. The zero-order valence-electron chi connectivity index (χ0n) is 16.4. The lowest BCUT2D eigenvalue weighted by molar-refractivity contribution is -0.384. The first-order chi connectivity index (χ1) is 13.8. The van der Waals surface area contributed by atoms with Crippen LogP contribution in [-0.4, -0.2) is 27.4 Å². The first-order valence-electron chi connectivity index (χ1n) is 9.23. The summed E-state index contributed by atoms with van der Waals surface area (Å²) in [4.78, 5) is 25.9. The van der Waals surface area contributed by atoms with Gasteiger partial charge in [-0.3, -0.25) is 14.9 Å². The van der Waals surface area contributed by atoms with Gasteiger partial charge in [0.2, 0.25) is 0 Å². The van der Waals surface area contributed by atoms with Gasteiger partial charge in [0.15, 0.2) is 5.11 Å². The Labute approximate surface area is 174 Å². The fourth-order valence-electron chi connectivity index (χ4n) is 3.43. The van der Waals surface area contributed by atoms with E-state index in [1.54, 1.807) is 12.1 Å². The van der Waals surface area contributed by atoms with E-state index in [1.807, 2.05) is 49.9 Å². The fraction of sp³-hybridized carbons (Fsp3) is 0.238. The molecule has 2 N–H and O–H groups in total. The van der Waals surface area contributed by atoms with Crippen LogP contribution in [-0.2, 0) is 4.79 Å². The van der Waals surface area contributed by atoms with E-state index in [0.717, 1.165) is 11.3 Å². The Hall–Kier alpha value is -3.26. The van der Waals surface area contributed by atoms with Gasteiger partial charge in [0.1, 0.15) is 0 Å². The molecule has 0 fully saturated rings. The van der Waals surface area contributed by atoms with Crippen LogP contribution in [0.2, 0.25) is 0 Å². The summed E-state index contributed by atoms with van der Waals surface area (Å²) >= 11 is 5.47. The van der Waals surface area contributed by atoms with E-state index in [2.05, 4.69) is 10.6 Å². The second-order valence-corrected chi connectivity index (χ2v) is 7.13. The van der Waals surface area contributed by atoms with Crippen LogP contribution >= 0.6 is 12.2 Å². The molecule has 2 aromatic rings. The standard InChI is InChI=1S/C21H22N4O3S/c1-4-24-14(3)18(20(26)22-17-11-6-5-8-13(17)2)19(23-21(24)29)15-9-7-10-16(12-15)25(27)28/h5-12,19H,4H2,1-3H3,(H,22,26)(H,23,29)/t19-/m1/s1. The Morgan fingerprint density at radius 2 is 1.97 bits per heavy atom. The number of para-hydroxylation sites is 1. The average molecular weight is 410 g/mol. The van der Waals surface area contributed by atoms with Gasteiger partial charge in [0.25, 0.3) is 11.6 Å². The summed E-state index contributed by atoms with van der Waals surface area (Å²) in [5.74, 6) is -0.276. The minimum atomic E-state index is -0.589. The van der Waals surface area contributed by atoms with Crippen LogP contribution in [0.15, 0.2) is 59.8 Å². The Balaban J connectivity index is 2.07. The van der Waals surface area contributed by atoms with Gasteiger partial charge in [0.05, 0.1) is 16.5 Å². The monoisotopic (exact) mass is 410 g/mol. The number of benzene rings is 2. The van der Waals surface area contributed by atoms with Gasteiger partial charge < -0.3 is 15.5 Å². The predicted molar refractivity (Wildman–Crippen MR) is 116 cm³/mol. The predicted octanol–water partition coefficient (Wildman–Crippen LogP) is 4.07. The number of aryl methyl sites for hydroxylation is 1. The second-order valence-electron chi connectivity index (χ2n) is 6.75. The summed E-state index contributed by atoms with van der Waals surface area (Å²) in [6, 6.07) is 13.2. The molecule has 3 rings (SSSR count). The van der Waals surface area contributed by atoms with Crippen molar-refractivity contribution in [2.24, 2.45) is 0 Å². The van der Waals surface area contributed by atoms with Gasteiger partial charge in [0, 0.05) is 30.1 Å². The van der Waals surface area contributed by atoms with Crippen molar-refractivity contribution in [3.8, 4) is 0 Å². The van der Waals surface area contributed by atoms with Gasteiger partial charge in [-0.15, -0.1) is 0 Å². The Kier molecular flexibility index (Phi) is 5.93. The maximum atomic E-state index is 13.3. The molecule has 0 saturated carbocycles. The van der Waals surface area contributed by atoms with Crippen molar-refractivity contribution in [1.82, 2.24) is 10.2 Å². The third-order valence-electron chi connectivity index (χ3n) is 4.96. The largest absolute Gasteiger partial charge is 0.351 e. The number of hydrogen-bond donors (Lipinski definition) is 2. The molecule has 0 aromatic heterocycles. The minimum Gasteiger partial charge on any atom is -0.351 e. The van der Waals surface area contributed by atoms with E-state index in [4.69, 9.17) is 12.2 Å². The number of carbonyl (C=O) groups is 1. The molecule has 150 valence electrons. The van der Waals surface area contributed by atoms with Gasteiger partial charge in [-0.2, -0.15) is 0 Å². The number of thiocarbonyl (C=S) groups is 1. The fourth-order valence-corrected chi connectivity index (χ4v) is 3.81. The summed E-state index contributed by atoms with van der Waals surface area (Å²) in [5.41, 5.74) is 3.42. The molecule has 0 saturated heterocycles. The third kappa shape index (κ3) is 4.12. The Morgan fingerprint density at radius 1 is 1.24 bits per heavy atom. The third-order valence-corrected chi connectivity index (χ3v) is 5.30. The zero-order chi connectivity index (χ0) is 21.1. The highest BCUT2D eigenvalue weighted by Crippen LogP contribution is 2.33. The van der Waals surface area contributed by atoms with Gasteiger partial charge in [-0.1, -0.05) is 30.3 Å². The van der Waals surface area contributed by atoms with Crippen LogP contribution in [0.1, 0.15) is 31.0 Å². The van der Waals surface area contributed by atoms with E-state index in [9.17, 15) is 14.9 Å². The normalized spacial score (nSPS) is 16.4. The van der Waals surface area contributed by atoms with Crippen LogP contribution < -0.4 is 10.6 Å². The Bertz CT molecular complexity index is 1020. The van der Waals surface area contributed by atoms with E-state index < -0.39 is 11.0 Å². The van der Waals surface area contributed by atoms with E-state index in [-0.39, 0.29) is 11.6 Å². The van der Waals surface area contributed by atoms with Crippen LogP contribution in [0.25, 0.3) is 0 Å². The number of anilines is 1. The molecular formula is C21H22N4O3S. The topological polar surface area (TPSA) is 87.5 Å². The molecule has 2 aromatic carbocycles. The molecule has 1 aliphatic heterocycles. The first-order valence-corrected chi connectivity index (χ1v) is 9.64. The highest BCUT2D eigenvalue weighted by molar-refractivity contribution is 7.80. The van der Waals surface area contributed by atoms with Crippen molar-refractivity contribution in [3.05, 3.63) is 81.0 Å². The molecule has 0 aliphatic carbocycles. The lowest BCUT2D eigenvalue weighted by Gasteiger charge is -2.37. The molecule has 0 radical (unpaired) electrons. The van der Waals surface area contributed by atoms with Crippen molar-refractivity contribution in [3.63, 3.8) is 0 Å². The molecule has 0 spiro atoms. The lowest BCUT2D eigenvalue weighted by Crippen LogP contribution is -2.48. The number of nitrogens with zero attached hydrogens (tertiary/aromatic N) is 2. The molecule has 8 heteroatoms. The van der Waals surface area contributed by atoms with Crippen LogP contribution in [0.4, 0.5) is 11.4 Å². The van der Waals surface area contributed by atoms with Gasteiger partial charge >= 0.3 is 0 Å². The SMILES string of the molecule is CCN1C(=S)N[C@H](c2cccc([N+](=O)[O-])c2)C(C(=O)Nc2ccccc2C)=C1C.